The Morgan fingerprint density at radius 2 is 2.24 bits per heavy atom. The summed E-state index contributed by atoms with van der Waals surface area (Å²) in [5.41, 5.74) is 1.34. The van der Waals surface area contributed by atoms with Gasteiger partial charge >= 0.3 is 0 Å². The van der Waals surface area contributed by atoms with Gasteiger partial charge in [0.05, 0.1) is 11.1 Å². The van der Waals surface area contributed by atoms with E-state index >= 15 is 0 Å². The van der Waals surface area contributed by atoms with Gasteiger partial charge in [0.1, 0.15) is 0 Å². The lowest BCUT2D eigenvalue weighted by atomic mass is 9.84. The minimum absolute atomic E-state index is 0.337. The summed E-state index contributed by atoms with van der Waals surface area (Å²) in [7, 11) is 0. The Bertz CT molecular complexity index is 551. The molecule has 1 aliphatic carbocycles. The Morgan fingerprint density at radius 3 is 3.00 bits per heavy atom. The Labute approximate surface area is 101 Å². The van der Waals surface area contributed by atoms with Crippen LogP contribution in [0.15, 0.2) is 36.5 Å². The molecule has 1 aromatic heterocycles. The topological polar surface area (TPSA) is 33.1 Å². The fourth-order valence-corrected chi connectivity index (χ4v) is 2.93. The zero-order chi connectivity index (χ0) is 11.9. The van der Waals surface area contributed by atoms with E-state index in [9.17, 15) is 5.11 Å². The Kier molecular flexibility index (Phi) is 2.40. The number of aromatic nitrogens is 1. The summed E-state index contributed by atoms with van der Waals surface area (Å²) in [5.74, 6) is 0.337. The van der Waals surface area contributed by atoms with Crippen LogP contribution in [0.5, 0.6) is 0 Å². The summed E-state index contributed by atoms with van der Waals surface area (Å²) in [5, 5.41) is 11.9. The van der Waals surface area contributed by atoms with Gasteiger partial charge in [-0.25, -0.2) is 0 Å². The standard InChI is InChI=1S/C15H17NO/c1-11-4-2-8-15(11,17)13-7-6-12-5-3-9-16-14(12)10-13/h3,5-7,9-11,17H,2,4,8H2,1H3. The molecule has 0 bridgehead atoms. The molecule has 1 aliphatic rings. The molecule has 2 heteroatoms. The predicted octanol–water partition coefficient (Wildman–Crippen LogP) is 3.24. The molecule has 0 radical (unpaired) electrons. The van der Waals surface area contributed by atoms with Crippen LogP contribution in [0.25, 0.3) is 10.9 Å². The van der Waals surface area contributed by atoms with Crippen LogP contribution in [-0.4, -0.2) is 10.1 Å². The molecular weight excluding hydrogens is 210 g/mol. The molecule has 0 aliphatic heterocycles. The third-order valence-electron chi connectivity index (χ3n) is 4.12. The molecule has 3 rings (SSSR count). The van der Waals surface area contributed by atoms with Gasteiger partial charge in [0, 0.05) is 11.6 Å². The Balaban J connectivity index is 2.12. The molecule has 1 aromatic carbocycles. The number of hydrogen-bond acceptors (Lipinski definition) is 2. The summed E-state index contributed by atoms with van der Waals surface area (Å²) in [6.45, 7) is 2.13. The third kappa shape index (κ3) is 1.64. The second-order valence-electron chi connectivity index (χ2n) is 5.13. The predicted molar refractivity (Wildman–Crippen MR) is 68.7 cm³/mol. The van der Waals surface area contributed by atoms with Crippen molar-refractivity contribution in [2.24, 2.45) is 5.92 Å². The first kappa shape index (κ1) is 10.7. The highest BCUT2D eigenvalue weighted by atomic mass is 16.3. The van der Waals surface area contributed by atoms with E-state index in [2.05, 4.69) is 18.0 Å². The highest BCUT2D eigenvalue weighted by molar-refractivity contribution is 5.79. The largest absolute Gasteiger partial charge is 0.385 e. The highest BCUT2D eigenvalue weighted by Gasteiger charge is 2.39. The van der Waals surface area contributed by atoms with Crippen molar-refractivity contribution >= 4 is 10.9 Å². The molecule has 1 N–H and O–H groups in total. The third-order valence-corrected chi connectivity index (χ3v) is 4.12. The van der Waals surface area contributed by atoms with Crippen molar-refractivity contribution in [1.29, 1.82) is 0 Å². The van der Waals surface area contributed by atoms with Crippen molar-refractivity contribution in [2.45, 2.75) is 31.8 Å². The first-order chi connectivity index (χ1) is 8.20. The maximum atomic E-state index is 10.8. The minimum atomic E-state index is -0.647. The lowest BCUT2D eigenvalue weighted by Crippen LogP contribution is -2.28. The van der Waals surface area contributed by atoms with Gasteiger partial charge in [-0.3, -0.25) is 4.98 Å². The lowest BCUT2D eigenvalue weighted by molar-refractivity contribution is 0.00460. The second-order valence-corrected chi connectivity index (χ2v) is 5.13. The van der Waals surface area contributed by atoms with Crippen LogP contribution in [0.1, 0.15) is 31.7 Å². The molecule has 1 fully saturated rings. The average Bonchev–Trinajstić information content (AvgIpc) is 2.70. The molecule has 0 spiro atoms. The van der Waals surface area contributed by atoms with E-state index in [0.717, 1.165) is 35.7 Å². The van der Waals surface area contributed by atoms with Gasteiger partial charge in [-0.2, -0.15) is 0 Å². The number of fused-ring (bicyclic) bond motifs is 1. The molecular formula is C15H17NO. The zero-order valence-electron chi connectivity index (χ0n) is 10.1. The van der Waals surface area contributed by atoms with E-state index in [0.29, 0.717) is 5.92 Å². The number of aliphatic hydroxyl groups is 1. The van der Waals surface area contributed by atoms with Crippen LogP contribution < -0.4 is 0 Å². The van der Waals surface area contributed by atoms with Crippen LogP contribution in [0.4, 0.5) is 0 Å². The average molecular weight is 227 g/mol. The van der Waals surface area contributed by atoms with Gasteiger partial charge in [0.15, 0.2) is 0 Å². The summed E-state index contributed by atoms with van der Waals surface area (Å²) in [6, 6.07) is 10.1. The van der Waals surface area contributed by atoms with Crippen LogP contribution in [0, 0.1) is 5.92 Å². The van der Waals surface area contributed by atoms with E-state index in [-0.39, 0.29) is 0 Å². The van der Waals surface area contributed by atoms with E-state index in [1.165, 1.54) is 0 Å². The number of benzene rings is 1. The Morgan fingerprint density at radius 1 is 1.35 bits per heavy atom. The summed E-state index contributed by atoms with van der Waals surface area (Å²) >= 11 is 0. The Hall–Kier alpha value is -1.41. The number of pyridine rings is 1. The normalized spacial score (nSPS) is 28.7. The van der Waals surface area contributed by atoms with Crippen LogP contribution >= 0.6 is 0 Å². The smallest absolute Gasteiger partial charge is 0.0922 e. The summed E-state index contributed by atoms with van der Waals surface area (Å²) in [4.78, 5) is 4.36. The van der Waals surface area contributed by atoms with Crippen molar-refractivity contribution in [3.63, 3.8) is 0 Å². The fourth-order valence-electron chi connectivity index (χ4n) is 2.93. The van der Waals surface area contributed by atoms with Crippen molar-refractivity contribution in [3.8, 4) is 0 Å². The lowest BCUT2D eigenvalue weighted by Gasteiger charge is -2.28. The van der Waals surface area contributed by atoms with Crippen molar-refractivity contribution in [2.75, 3.05) is 0 Å². The molecule has 2 unspecified atom stereocenters. The van der Waals surface area contributed by atoms with Crippen molar-refractivity contribution < 1.29 is 5.11 Å². The SMILES string of the molecule is CC1CCCC1(O)c1ccc2cccnc2c1. The van der Waals surface area contributed by atoms with Crippen LogP contribution in [-0.2, 0) is 5.60 Å². The maximum absolute atomic E-state index is 10.8. The summed E-state index contributed by atoms with van der Waals surface area (Å²) < 4.78 is 0. The first-order valence-corrected chi connectivity index (χ1v) is 6.28. The molecule has 0 saturated heterocycles. The van der Waals surface area contributed by atoms with Gasteiger partial charge in [-0.1, -0.05) is 25.1 Å². The van der Waals surface area contributed by atoms with E-state index in [4.69, 9.17) is 0 Å². The summed E-state index contributed by atoms with van der Waals surface area (Å²) in [6.07, 6.45) is 4.88. The highest BCUT2D eigenvalue weighted by Crippen LogP contribution is 2.43. The molecule has 17 heavy (non-hydrogen) atoms. The molecule has 2 aromatic rings. The molecule has 0 amide bonds. The zero-order valence-corrected chi connectivity index (χ0v) is 10.1. The van der Waals surface area contributed by atoms with Gasteiger partial charge < -0.3 is 5.11 Å². The number of rotatable bonds is 1. The van der Waals surface area contributed by atoms with Gasteiger partial charge in [0.25, 0.3) is 0 Å². The molecule has 2 atom stereocenters. The van der Waals surface area contributed by atoms with E-state index in [1.54, 1.807) is 6.20 Å². The van der Waals surface area contributed by atoms with E-state index < -0.39 is 5.60 Å². The fraction of sp³-hybridized carbons (Fsp3) is 0.400. The van der Waals surface area contributed by atoms with Gasteiger partial charge in [-0.05, 0) is 42.9 Å². The van der Waals surface area contributed by atoms with Crippen LogP contribution in [0.2, 0.25) is 0 Å². The molecule has 1 heterocycles. The molecule has 1 saturated carbocycles. The second kappa shape index (κ2) is 3.81. The van der Waals surface area contributed by atoms with Gasteiger partial charge in [-0.15, -0.1) is 0 Å². The first-order valence-electron chi connectivity index (χ1n) is 6.28. The van der Waals surface area contributed by atoms with E-state index in [1.807, 2.05) is 24.3 Å². The quantitative estimate of drug-likeness (QED) is 0.811. The van der Waals surface area contributed by atoms with Crippen molar-refractivity contribution in [3.05, 3.63) is 42.1 Å². The van der Waals surface area contributed by atoms with Crippen molar-refractivity contribution in [1.82, 2.24) is 4.98 Å². The molecule has 88 valence electrons. The minimum Gasteiger partial charge on any atom is -0.385 e. The maximum Gasteiger partial charge on any atom is 0.0922 e. The monoisotopic (exact) mass is 227 g/mol. The molecule has 2 nitrogen and oxygen atoms in total. The van der Waals surface area contributed by atoms with Gasteiger partial charge in [0.2, 0.25) is 0 Å². The number of nitrogens with zero attached hydrogens (tertiary/aromatic N) is 1. The van der Waals surface area contributed by atoms with Crippen LogP contribution in [0.3, 0.4) is 0 Å². The number of hydrogen-bond donors (Lipinski definition) is 1.